The molecule has 0 aliphatic carbocycles. The first-order chi connectivity index (χ1) is 9.81. The van der Waals surface area contributed by atoms with Crippen LogP contribution in [-0.4, -0.2) is 40.0 Å². The molecule has 3 N–H and O–H groups in total. The van der Waals surface area contributed by atoms with E-state index in [1.54, 1.807) is 19.2 Å². The summed E-state index contributed by atoms with van der Waals surface area (Å²) in [5.41, 5.74) is 6.38. The van der Waals surface area contributed by atoms with Gasteiger partial charge in [0.2, 0.25) is 0 Å². The predicted molar refractivity (Wildman–Crippen MR) is 84.8 cm³/mol. The summed E-state index contributed by atoms with van der Waals surface area (Å²) < 4.78 is 28.1. The molecule has 0 bridgehead atoms. The first kappa shape index (κ1) is 15.6. The molecule has 1 aromatic carbocycles. The summed E-state index contributed by atoms with van der Waals surface area (Å²) in [6, 6.07) is 5.38. The van der Waals surface area contributed by atoms with E-state index in [-0.39, 0.29) is 18.2 Å². The highest BCUT2D eigenvalue weighted by Crippen LogP contribution is 2.35. The van der Waals surface area contributed by atoms with E-state index in [1.807, 2.05) is 6.07 Å². The van der Waals surface area contributed by atoms with E-state index in [9.17, 15) is 13.2 Å². The molecule has 114 valence electrons. The fraction of sp³-hybridized carbons (Fsp3) is 0.308. The van der Waals surface area contributed by atoms with Gasteiger partial charge >= 0.3 is 0 Å². The van der Waals surface area contributed by atoms with Gasteiger partial charge in [-0.25, -0.2) is 8.42 Å². The number of methoxy groups -OCH3 is 1. The summed E-state index contributed by atoms with van der Waals surface area (Å²) in [4.78, 5) is 12.4. The zero-order valence-corrected chi connectivity index (χ0v) is 13.3. The van der Waals surface area contributed by atoms with Gasteiger partial charge in [-0.3, -0.25) is 4.79 Å². The van der Waals surface area contributed by atoms with Crippen LogP contribution in [0, 0.1) is 0 Å². The number of anilines is 1. The van der Waals surface area contributed by atoms with Crippen LogP contribution in [0.3, 0.4) is 0 Å². The lowest BCUT2D eigenvalue weighted by molar-refractivity contribution is 0.0961. The van der Waals surface area contributed by atoms with Gasteiger partial charge in [-0.15, -0.1) is 11.3 Å². The number of carbonyl (C=O) groups is 1. The highest BCUT2D eigenvalue weighted by molar-refractivity contribution is 7.90. The van der Waals surface area contributed by atoms with Gasteiger partial charge < -0.3 is 15.8 Å². The van der Waals surface area contributed by atoms with E-state index in [1.165, 1.54) is 11.3 Å². The van der Waals surface area contributed by atoms with Crippen LogP contribution in [0.15, 0.2) is 18.2 Å². The number of carbonyl (C=O) groups excluding carboxylic acids is 1. The standard InChI is InChI=1S/C13H16N2O4S2/c1-19-8-3-4-9-10(7-8)20-12(11(9)14)13(16)15-5-6-21(2,17)18/h3-4,7H,5-6,14H2,1-2H3,(H,15,16). The van der Waals surface area contributed by atoms with E-state index in [2.05, 4.69) is 5.32 Å². The molecule has 21 heavy (non-hydrogen) atoms. The van der Waals surface area contributed by atoms with Crippen molar-refractivity contribution >= 4 is 42.9 Å². The number of rotatable bonds is 5. The number of ether oxygens (including phenoxy) is 1. The van der Waals surface area contributed by atoms with E-state index in [0.29, 0.717) is 16.3 Å². The number of nitrogens with two attached hydrogens (primary N) is 1. The Kier molecular flexibility index (Phi) is 4.38. The number of benzene rings is 1. The van der Waals surface area contributed by atoms with Crippen LogP contribution in [-0.2, 0) is 9.84 Å². The molecule has 8 heteroatoms. The predicted octanol–water partition coefficient (Wildman–Crippen LogP) is 1.27. The molecule has 2 rings (SSSR count). The first-order valence-corrected chi connectivity index (χ1v) is 9.01. The van der Waals surface area contributed by atoms with Crippen molar-refractivity contribution < 1.29 is 17.9 Å². The number of hydrogen-bond acceptors (Lipinski definition) is 6. The maximum absolute atomic E-state index is 12.1. The Morgan fingerprint density at radius 1 is 1.43 bits per heavy atom. The Hall–Kier alpha value is -1.80. The van der Waals surface area contributed by atoms with Crippen LogP contribution in [0.5, 0.6) is 5.75 Å². The van der Waals surface area contributed by atoms with Crippen LogP contribution in [0.2, 0.25) is 0 Å². The van der Waals surface area contributed by atoms with E-state index in [4.69, 9.17) is 10.5 Å². The summed E-state index contributed by atoms with van der Waals surface area (Å²) in [6.07, 6.45) is 1.12. The fourth-order valence-electron chi connectivity index (χ4n) is 1.82. The molecule has 0 aliphatic heterocycles. The lowest BCUT2D eigenvalue weighted by Gasteiger charge is -2.03. The van der Waals surface area contributed by atoms with Crippen molar-refractivity contribution in [2.24, 2.45) is 0 Å². The van der Waals surface area contributed by atoms with Crippen LogP contribution in [0.1, 0.15) is 9.67 Å². The summed E-state index contributed by atoms with van der Waals surface area (Å²) in [5, 5.41) is 3.35. The number of amides is 1. The maximum Gasteiger partial charge on any atom is 0.263 e. The van der Waals surface area contributed by atoms with Gasteiger partial charge in [-0.05, 0) is 18.2 Å². The molecule has 0 saturated carbocycles. The third kappa shape index (κ3) is 3.64. The summed E-state index contributed by atoms with van der Waals surface area (Å²) >= 11 is 1.25. The fourth-order valence-corrected chi connectivity index (χ4v) is 3.36. The van der Waals surface area contributed by atoms with Crippen LogP contribution >= 0.6 is 11.3 Å². The highest BCUT2D eigenvalue weighted by Gasteiger charge is 2.17. The van der Waals surface area contributed by atoms with Crippen molar-refractivity contribution in [1.82, 2.24) is 5.32 Å². The van der Waals surface area contributed by atoms with Crippen molar-refractivity contribution in [2.45, 2.75) is 0 Å². The normalized spacial score (nSPS) is 11.5. The molecular formula is C13H16N2O4S2. The Bertz CT molecular complexity index is 781. The zero-order chi connectivity index (χ0) is 15.6. The van der Waals surface area contributed by atoms with Gasteiger partial charge in [0.15, 0.2) is 0 Å². The third-order valence-corrected chi connectivity index (χ3v) is 5.01. The number of thiophene rings is 1. The summed E-state index contributed by atoms with van der Waals surface area (Å²) in [5.74, 6) is 0.223. The first-order valence-electron chi connectivity index (χ1n) is 6.14. The van der Waals surface area contributed by atoms with Crippen molar-refractivity contribution in [3.63, 3.8) is 0 Å². The van der Waals surface area contributed by atoms with E-state index in [0.717, 1.165) is 16.3 Å². The van der Waals surface area contributed by atoms with Gasteiger partial charge in [-0.2, -0.15) is 0 Å². The minimum absolute atomic E-state index is 0.0642. The average molecular weight is 328 g/mol. The molecule has 0 atom stereocenters. The maximum atomic E-state index is 12.1. The number of nitrogen functional groups attached to an aromatic ring is 1. The number of nitrogens with one attached hydrogen (secondary N) is 1. The molecule has 1 aromatic heterocycles. The van der Waals surface area contributed by atoms with E-state index < -0.39 is 9.84 Å². The second-order valence-corrected chi connectivity index (χ2v) is 7.90. The topological polar surface area (TPSA) is 98.5 Å². The van der Waals surface area contributed by atoms with Gasteiger partial charge in [0.1, 0.15) is 20.5 Å². The van der Waals surface area contributed by atoms with Crippen molar-refractivity contribution in [2.75, 3.05) is 31.4 Å². The van der Waals surface area contributed by atoms with Gasteiger partial charge in [0.05, 0.1) is 18.6 Å². The molecule has 0 spiro atoms. The Balaban J connectivity index is 2.21. The van der Waals surface area contributed by atoms with Gasteiger partial charge in [0.25, 0.3) is 5.91 Å². The lowest BCUT2D eigenvalue weighted by Crippen LogP contribution is -2.28. The second-order valence-electron chi connectivity index (χ2n) is 4.59. The number of sulfone groups is 1. The van der Waals surface area contributed by atoms with Gasteiger partial charge in [-0.1, -0.05) is 0 Å². The van der Waals surface area contributed by atoms with Crippen LogP contribution in [0.4, 0.5) is 5.69 Å². The molecular weight excluding hydrogens is 312 g/mol. The molecule has 0 saturated heterocycles. The quantitative estimate of drug-likeness (QED) is 0.861. The SMILES string of the molecule is COc1ccc2c(N)c(C(=O)NCCS(C)(=O)=O)sc2c1. The smallest absolute Gasteiger partial charge is 0.263 e. The molecule has 2 aromatic rings. The average Bonchev–Trinajstić information content (AvgIpc) is 2.74. The van der Waals surface area contributed by atoms with Crippen LogP contribution in [0.25, 0.3) is 10.1 Å². The summed E-state index contributed by atoms with van der Waals surface area (Å²) in [6.45, 7) is 0.0642. The largest absolute Gasteiger partial charge is 0.497 e. The Morgan fingerprint density at radius 3 is 2.76 bits per heavy atom. The van der Waals surface area contributed by atoms with Crippen LogP contribution < -0.4 is 15.8 Å². The number of hydrogen-bond donors (Lipinski definition) is 2. The summed E-state index contributed by atoms with van der Waals surface area (Å²) in [7, 11) is -1.54. The minimum Gasteiger partial charge on any atom is -0.497 e. The molecule has 0 unspecified atom stereocenters. The number of fused-ring (bicyclic) bond motifs is 1. The molecule has 6 nitrogen and oxygen atoms in total. The molecule has 0 fully saturated rings. The third-order valence-electron chi connectivity index (χ3n) is 2.90. The van der Waals surface area contributed by atoms with Crippen molar-refractivity contribution in [1.29, 1.82) is 0 Å². The zero-order valence-electron chi connectivity index (χ0n) is 11.7. The molecule has 0 aliphatic rings. The molecule has 1 heterocycles. The highest BCUT2D eigenvalue weighted by atomic mass is 32.2. The Morgan fingerprint density at radius 2 is 2.14 bits per heavy atom. The Labute approximate surface area is 126 Å². The molecule has 1 amide bonds. The van der Waals surface area contributed by atoms with E-state index >= 15 is 0 Å². The monoisotopic (exact) mass is 328 g/mol. The molecule has 0 radical (unpaired) electrons. The van der Waals surface area contributed by atoms with Gasteiger partial charge in [0, 0.05) is 22.9 Å². The van der Waals surface area contributed by atoms with Crippen molar-refractivity contribution in [3.05, 3.63) is 23.1 Å². The lowest BCUT2D eigenvalue weighted by atomic mass is 10.2. The second kappa shape index (κ2) is 5.90. The van der Waals surface area contributed by atoms with Crippen molar-refractivity contribution in [3.8, 4) is 5.75 Å². The minimum atomic E-state index is -3.10.